The molecule has 2 N–H and O–H groups in total. The summed E-state index contributed by atoms with van der Waals surface area (Å²) in [4.78, 5) is 19.6. The maximum Gasteiger partial charge on any atom is 0.242 e. The fraction of sp³-hybridized carbons (Fsp3) is 0.545. The minimum atomic E-state index is -0.412. The maximum absolute atomic E-state index is 11.8. The van der Waals surface area contributed by atoms with Gasteiger partial charge in [0.25, 0.3) is 0 Å². The van der Waals surface area contributed by atoms with Crippen LogP contribution in [0.15, 0.2) is 6.33 Å². The number of amides is 1. The first kappa shape index (κ1) is 12.9. The van der Waals surface area contributed by atoms with E-state index >= 15 is 0 Å². The van der Waals surface area contributed by atoms with Gasteiger partial charge >= 0.3 is 0 Å². The smallest absolute Gasteiger partial charge is 0.242 e. The summed E-state index contributed by atoms with van der Waals surface area (Å²) in [5, 5.41) is 6.08. The topological polar surface area (TPSA) is 76.1 Å². The first-order valence-electron chi connectivity index (χ1n) is 5.73. The molecule has 1 aliphatic rings. The lowest BCUT2D eigenvalue weighted by Gasteiger charge is -2.16. The van der Waals surface area contributed by atoms with Crippen molar-refractivity contribution >= 4 is 23.3 Å². The van der Waals surface area contributed by atoms with E-state index in [4.69, 9.17) is 16.3 Å². The highest BCUT2D eigenvalue weighted by Crippen LogP contribution is 2.28. The van der Waals surface area contributed by atoms with E-state index < -0.39 is 6.04 Å². The van der Waals surface area contributed by atoms with Crippen LogP contribution in [0.1, 0.15) is 19.8 Å². The summed E-state index contributed by atoms with van der Waals surface area (Å²) in [7, 11) is 1.48. The number of carbonyl (C=O) groups is 1. The molecule has 7 heteroatoms. The first-order chi connectivity index (χ1) is 8.61. The van der Waals surface area contributed by atoms with Gasteiger partial charge in [0.05, 0.1) is 7.11 Å². The zero-order chi connectivity index (χ0) is 13.1. The molecule has 18 heavy (non-hydrogen) atoms. The quantitative estimate of drug-likeness (QED) is 0.787. The van der Waals surface area contributed by atoms with E-state index in [-0.39, 0.29) is 11.1 Å². The third kappa shape index (κ3) is 3.01. The summed E-state index contributed by atoms with van der Waals surface area (Å²) in [6.45, 7) is 1.76. The SMILES string of the molecule is COc1c(Cl)ncnc1NC(C)C(=O)NC1CC1. The molecular weight excluding hydrogens is 256 g/mol. The number of aromatic nitrogens is 2. The highest BCUT2D eigenvalue weighted by Gasteiger charge is 2.26. The number of nitrogens with zero attached hydrogens (tertiary/aromatic N) is 2. The van der Waals surface area contributed by atoms with Crippen molar-refractivity contribution in [2.45, 2.75) is 31.8 Å². The predicted octanol–water partition coefficient (Wildman–Crippen LogP) is 1.22. The summed E-state index contributed by atoms with van der Waals surface area (Å²) in [5.41, 5.74) is 0. The molecule has 98 valence electrons. The number of halogens is 1. The van der Waals surface area contributed by atoms with E-state index in [0.717, 1.165) is 12.8 Å². The average Bonchev–Trinajstić information content (AvgIpc) is 3.13. The zero-order valence-corrected chi connectivity index (χ0v) is 11.0. The Balaban J connectivity index is 2.03. The third-order valence-electron chi connectivity index (χ3n) is 2.63. The van der Waals surface area contributed by atoms with Crippen LogP contribution in [0.3, 0.4) is 0 Å². The summed E-state index contributed by atoms with van der Waals surface area (Å²) in [6, 6.07) is -0.0805. The first-order valence-corrected chi connectivity index (χ1v) is 6.11. The highest BCUT2D eigenvalue weighted by atomic mass is 35.5. The Morgan fingerprint density at radius 1 is 1.56 bits per heavy atom. The molecule has 0 aliphatic heterocycles. The Morgan fingerprint density at radius 2 is 2.28 bits per heavy atom. The van der Waals surface area contributed by atoms with Crippen molar-refractivity contribution in [1.29, 1.82) is 0 Å². The van der Waals surface area contributed by atoms with Gasteiger partial charge in [-0.1, -0.05) is 11.6 Å². The Kier molecular flexibility index (Phi) is 3.86. The summed E-state index contributed by atoms with van der Waals surface area (Å²) < 4.78 is 5.10. The van der Waals surface area contributed by atoms with Gasteiger partial charge in [0.2, 0.25) is 5.91 Å². The van der Waals surface area contributed by atoms with Gasteiger partial charge in [-0.25, -0.2) is 9.97 Å². The summed E-state index contributed by atoms with van der Waals surface area (Å²) >= 11 is 5.87. The van der Waals surface area contributed by atoms with E-state index in [1.54, 1.807) is 6.92 Å². The molecule has 1 heterocycles. The normalized spacial score (nSPS) is 15.9. The van der Waals surface area contributed by atoms with E-state index in [9.17, 15) is 4.79 Å². The Bertz CT molecular complexity index is 451. The van der Waals surface area contributed by atoms with E-state index in [1.165, 1.54) is 13.4 Å². The number of anilines is 1. The zero-order valence-electron chi connectivity index (χ0n) is 10.2. The standard InChI is InChI=1S/C11H15ClN4O2/c1-6(11(17)16-7-3-4-7)15-10-8(18-2)9(12)13-5-14-10/h5-7H,3-4H2,1-2H3,(H,16,17)(H,13,14,15). The van der Waals surface area contributed by atoms with Crippen LogP contribution in [0.4, 0.5) is 5.82 Å². The Morgan fingerprint density at radius 3 is 2.89 bits per heavy atom. The molecular formula is C11H15ClN4O2. The van der Waals surface area contributed by atoms with Gasteiger partial charge in [-0.2, -0.15) is 0 Å². The second-order valence-electron chi connectivity index (χ2n) is 4.20. The number of methoxy groups -OCH3 is 1. The molecule has 0 spiro atoms. The third-order valence-corrected chi connectivity index (χ3v) is 2.90. The van der Waals surface area contributed by atoms with E-state index in [0.29, 0.717) is 17.6 Å². The van der Waals surface area contributed by atoms with Crippen LogP contribution in [-0.4, -0.2) is 35.1 Å². The molecule has 0 saturated heterocycles. The Labute approximate surface area is 110 Å². The van der Waals surface area contributed by atoms with E-state index in [2.05, 4.69) is 20.6 Å². The largest absolute Gasteiger partial charge is 0.490 e. The van der Waals surface area contributed by atoms with Gasteiger partial charge in [-0.3, -0.25) is 4.79 Å². The van der Waals surface area contributed by atoms with Crippen LogP contribution in [0.5, 0.6) is 5.75 Å². The van der Waals surface area contributed by atoms with Crippen molar-refractivity contribution in [2.24, 2.45) is 0 Å². The Hall–Kier alpha value is -1.56. The van der Waals surface area contributed by atoms with Crippen molar-refractivity contribution in [1.82, 2.24) is 15.3 Å². The lowest BCUT2D eigenvalue weighted by Crippen LogP contribution is -2.38. The molecule has 6 nitrogen and oxygen atoms in total. The van der Waals surface area contributed by atoms with Crippen molar-refractivity contribution in [2.75, 3.05) is 12.4 Å². The summed E-state index contributed by atoms with van der Waals surface area (Å²) in [5.74, 6) is 0.690. The molecule has 2 rings (SSSR count). The van der Waals surface area contributed by atoms with Gasteiger partial charge in [-0.05, 0) is 19.8 Å². The molecule has 1 unspecified atom stereocenters. The summed E-state index contributed by atoms with van der Waals surface area (Å²) in [6.07, 6.45) is 3.43. The van der Waals surface area contributed by atoms with Crippen LogP contribution in [0.25, 0.3) is 0 Å². The second kappa shape index (κ2) is 5.39. The van der Waals surface area contributed by atoms with Crippen molar-refractivity contribution in [3.8, 4) is 5.75 Å². The van der Waals surface area contributed by atoms with Gasteiger partial charge in [-0.15, -0.1) is 0 Å². The minimum absolute atomic E-state index is 0.0608. The molecule has 1 fully saturated rings. The number of ether oxygens (including phenoxy) is 1. The number of nitrogens with one attached hydrogen (secondary N) is 2. The van der Waals surface area contributed by atoms with Gasteiger partial charge in [0.15, 0.2) is 16.7 Å². The van der Waals surface area contributed by atoms with Crippen molar-refractivity contribution < 1.29 is 9.53 Å². The highest BCUT2D eigenvalue weighted by molar-refractivity contribution is 6.31. The predicted molar refractivity (Wildman–Crippen MR) is 67.8 cm³/mol. The molecule has 1 atom stereocenters. The van der Waals surface area contributed by atoms with Crippen LogP contribution < -0.4 is 15.4 Å². The van der Waals surface area contributed by atoms with E-state index in [1.807, 2.05) is 0 Å². The lowest BCUT2D eigenvalue weighted by atomic mass is 10.3. The lowest BCUT2D eigenvalue weighted by molar-refractivity contribution is -0.121. The maximum atomic E-state index is 11.8. The number of hydrogen-bond donors (Lipinski definition) is 2. The molecule has 0 radical (unpaired) electrons. The van der Waals surface area contributed by atoms with Crippen LogP contribution in [-0.2, 0) is 4.79 Å². The van der Waals surface area contributed by atoms with Crippen LogP contribution in [0.2, 0.25) is 5.15 Å². The molecule has 1 saturated carbocycles. The van der Waals surface area contributed by atoms with Crippen molar-refractivity contribution in [3.05, 3.63) is 11.5 Å². The second-order valence-corrected chi connectivity index (χ2v) is 4.55. The molecule has 1 aromatic rings. The van der Waals surface area contributed by atoms with Gasteiger partial charge < -0.3 is 15.4 Å². The fourth-order valence-electron chi connectivity index (χ4n) is 1.46. The molecule has 0 bridgehead atoms. The minimum Gasteiger partial charge on any atom is -0.490 e. The number of carbonyl (C=O) groups excluding carboxylic acids is 1. The molecule has 1 aromatic heterocycles. The fourth-order valence-corrected chi connectivity index (χ4v) is 1.67. The van der Waals surface area contributed by atoms with Crippen LogP contribution in [0, 0.1) is 0 Å². The number of rotatable bonds is 5. The number of hydrogen-bond acceptors (Lipinski definition) is 5. The average molecular weight is 271 g/mol. The molecule has 1 amide bonds. The monoisotopic (exact) mass is 270 g/mol. The van der Waals surface area contributed by atoms with Crippen LogP contribution >= 0.6 is 11.6 Å². The van der Waals surface area contributed by atoms with Crippen molar-refractivity contribution in [3.63, 3.8) is 0 Å². The molecule has 1 aliphatic carbocycles. The van der Waals surface area contributed by atoms with Gasteiger partial charge in [0.1, 0.15) is 12.4 Å². The molecule has 0 aromatic carbocycles. The van der Waals surface area contributed by atoms with Gasteiger partial charge in [0, 0.05) is 6.04 Å².